The van der Waals surface area contributed by atoms with Gasteiger partial charge in [-0.3, -0.25) is 9.48 Å². The molecule has 17 heavy (non-hydrogen) atoms. The van der Waals surface area contributed by atoms with E-state index in [1.54, 1.807) is 42.2 Å². The van der Waals surface area contributed by atoms with Gasteiger partial charge in [0.1, 0.15) is 5.69 Å². The molecule has 1 aromatic carbocycles. The third-order valence-electron chi connectivity index (χ3n) is 2.46. The second-order valence-electron chi connectivity index (χ2n) is 3.69. The monoisotopic (exact) mass is 268 g/mol. The topological polar surface area (TPSA) is 34.9 Å². The van der Waals surface area contributed by atoms with Gasteiger partial charge in [0, 0.05) is 19.7 Å². The van der Waals surface area contributed by atoms with Gasteiger partial charge in [0.15, 0.2) is 5.78 Å². The third-order valence-corrected chi connectivity index (χ3v) is 3.19. The number of benzene rings is 1. The molecule has 0 atom stereocenters. The molecule has 0 radical (unpaired) electrons. The Kier molecular flexibility index (Phi) is 3.50. The molecule has 0 unspecified atom stereocenters. The lowest BCUT2D eigenvalue weighted by atomic mass is 10.1. The molecule has 0 saturated heterocycles. The fourth-order valence-corrected chi connectivity index (χ4v) is 1.89. The Bertz CT molecular complexity index is 563. The molecule has 88 valence electrons. The first kappa shape index (κ1) is 12.1. The van der Waals surface area contributed by atoms with E-state index in [0.717, 1.165) is 5.56 Å². The minimum absolute atomic E-state index is 0.00314. The van der Waals surface area contributed by atoms with Gasteiger partial charge in [0.05, 0.1) is 10.0 Å². The highest BCUT2D eigenvalue weighted by Crippen LogP contribution is 2.23. The predicted molar refractivity (Wildman–Crippen MR) is 67.7 cm³/mol. The van der Waals surface area contributed by atoms with E-state index in [-0.39, 0.29) is 12.2 Å². The summed E-state index contributed by atoms with van der Waals surface area (Å²) in [5, 5.41) is 4.91. The largest absolute Gasteiger partial charge is 0.292 e. The molecule has 0 bridgehead atoms. The lowest BCUT2D eigenvalue weighted by Crippen LogP contribution is -2.09. The first-order chi connectivity index (χ1) is 8.08. The van der Waals surface area contributed by atoms with Crippen molar-refractivity contribution in [2.75, 3.05) is 0 Å². The van der Waals surface area contributed by atoms with Crippen LogP contribution >= 0.6 is 23.2 Å². The van der Waals surface area contributed by atoms with E-state index in [1.165, 1.54) is 0 Å². The highest BCUT2D eigenvalue weighted by Gasteiger charge is 2.11. The number of rotatable bonds is 3. The Labute approximate surface area is 109 Å². The minimum atomic E-state index is 0.00314. The van der Waals surface area contributed by atoms with Gasteiger partial charge >= 0.3 is 0 Å². The molecule has 5 heteroatoms. The number of carbonyl (C=O) groups excluding carboxylic acids is 1. The van der Waals surface area contributed by atoms with E-state index in [9.17, 15) is 4.79 Å². The van der Waals surface area contributed by atoms with Gasteiger partial charge in [0.2, 0.25) is 0 Å². The van der Waals surface area contributed by atoms with Crippen molar-refractivity contribution in [1.82, 2.24) is 9.78 Å². The first-order valence-corrected chi connectivity index (χ1v) is 5.78. The van der Waals surface area contributed by atoms with Crippen LogP contribution in [0.1, 0.15) is 16.1 Å². The molecule has 1 aromatic heterocycles. The Morgan fingerprint density at radius 3 is 2.65 bits per heavy atom. The zero-order valence-corrected chi connectivity index (χ0v) is 10.7. The molecule has 0 N–H and O–H groups in total. The fraction of sp³-hybridized carbons (Fsp3) is 0.167. The van der Waals surface area contributed by atoms with Crippen LogP contribution in [0, 0.1) is 0 Å². The standard InChI is InChI=1S/C12H10Cl2N2O/c1-16-11(4-5-15-16)12(17)7-8-2-3-9(13)10(14)6-8/h2-6H,7H2,1H3. The number of carbonyl (C=O) groups is 1. The lowest BCUT2D eigenvalue weighted by molar-refractivity contribution is 0.0984. The Balaban J connectivity index is 2.19. The number of nitrogens with zero attached hydrogens (tertiary/aromatic N) is 2. The number of hydrogen-bond acceptors (Lipinski definition) is 2. The number of aromatic nitrogens is 2. The van der Waals surface area contributed by atoms with Crippen LogP contribution in [0.5, 0.6) is 0 Å². The Morgan fingerprint density at radius 1 is 1.29 bits per heavy atom. The van der Waals surface area contributed by atoms with Crippen LogP contribution in [0.25, 0.3) is 0 Å². The van der Waals surface area contributed by atoms with E-state index < -0.39 is 0 Å². The van der Waals surface area contributed by atoms with Crippen molar-refractivity contribution in [3.8, 4) is 0 Å². The summed E-state index contributed by atoms with van der Waals surface area (Å²) < 4.78 is 1.56. The van der Waals surface area contributed by atoms with Crippen molar-refractivity contribution in [3.63, 3.8) is 0 Å². The molecule has 3 nitrogen and oxygen atoms in total. The van der Waals surface area contributed by atoms with Crippen LogP contribution in [0.4, 0.5) is 0 Å². The van der Waals surface area contributed by atoms with E-state index in [2.05, 4.69) is 5.10 Å². The third kappa shape index (κ3) is 2.68. The van der Waals surface area contributed by atoms with Crippen LogP contribution in [0.15, 0.2) is 30.5 Å². The molecule has 0 spiro atoms. The Morgan fingerprint density at radius 2 is 2.06 bits per heavy atom. The minimum Gasteiger partial charge on any atom is -0.292 e. The van der Waals surface area contributed by atoms with Crippen LogP contribution in [0.3, 0.4) is 0 Å². The lowest BCUT2D eigenvalue weighted by Gasteiger charge is -2.03. The predicted octanol–water partition coefficient (Wildman–Crippen LogP) is 3.15. The van der Waals surface area contributed by atoms with Gasteiger partial charge in [-0.15, -0.1) is 0 Å². The fourth-order valence-electron chi connectivity index (χ4n) is 1.57. The number of aryl methyl sites for hydroxylation is 1. The molecule has 0 saturated carbocycles. The second kappa shape index (κ2) is 4.90. The van der Waals surface area contributed by atoms with Gasteiger partial charge < -0.3 is 0 Å². The molecule has 0 aliphatic carbocycles. The van der Waals surface area contributed by atoms with Crippen molar-refractivity contribution in [2.45, 2.75) is 6.42 Å². The molecule has 0 fully saturated rings. The average Bonchev–Trinajstić information content (AvgIpc) is 2.70. The highest BCUT2D eigenvalue weighted by molar-refractivity contribution is 6.42. The van der Waals surface area contributed by atoms with Crippen LogP contribution in [-0.4, -0.2) is 15.6 Å². The zero-order chi connectivity index (χ0) is 12.4. The van der Waals surface area contributed by atoms with Gasteiger partial charge in [-0.2, -0.15) is 5.10 Å². The summed E-state index contributed by atoms with van der Waals surface area (Å²) in [5.41, 5.74) is 1.42. The van der Waals surface area contributed by atoms with E-state index >= 15 is 0 Å². The molecule has 0 aliphatic rings. The maximum atomic E-state index is 12.0. The quantitative estimate of drug-likeness (QED) is 0.802. The Hall–Kier alpha value is -1.32. The SMILES string of the molecule is Cn1nccc1C(=O)Cc1ccc(Cl)c(Cl)c1. The van der Waals surface area contributed by atoms with E-state index in [0.29, 0.717) is 15.7 Å². The molecular weight excluding hydrogens is 259 g/mol. The maximum absolute atomic E-state index is 12.0. The molecule has 0 amide bonds. The van der Waals surface area contributed by atoms with E-state index in [1.807, 2.05) is 0 Å². The van der Waals surface area contributed by atoms with Crippen LogP contribution in [0.2, 0.25) is 10.0 Å². The number of halogens is 2. The number of hydrogen-bond donors (Lipinski definition) is 0. The maximum Gasteiger partial charge on any atom is 0.185 e. The normalized spacial score (nSPS) is 10.5. The summed E-state index contributed by atoms with van der Waals surface area (Å²) in [5.74, 6) is 0.00314. The number of Topliss-reactive ketones (excluding diaryl/α,β-unsaturated/α-hetero) is 1. The van der Waals surface area contributed by atoms with Gasteiger partial charge in [-0.1, -0.05) is 29.3 Å². The summed E-state index contributed by atoms with van der Waals surface area (Å²) >= 11 is 11.7. The molecular formula is C12H10Cl2N2O. The van der Waals surface area contributed by atoms with E-state index in [4.69, 9.17) is 23.2 Å². The highest BCUT2D eigenvalue weighted by atomic mass is 35.5. The zero-order valence-electron chi connectivity index (χ0n) is 9.15. The van der Waals surface area contributed by atoms with Gasteiger partial charge in [0.25, 0.3) is 0 Å². The van der Waals surface area contributed by atoms with Crippen LogP contribution < -0.4 is 0 Å². The second-order valence-corrected chi connectivity index (χ2v) is 4.50. The van der Waals surface area contributed by atoms with Crippen molar-refractivity contribution in [3.05, 3.63) is 51.8 Å². The number of ketones is 1. The molecule has 0 aliphatic heterocycles. The van der Waals surface area contributed by atoms with Gasteiger partial charge in [-0.25, -0.2) is 0 Å². The van der Waals surface area contributed by atoms with Crippen LogP contribution in [-0.2, 0) is 13.5 Å². The van der Waals surface area contributed by atoms with Gasteiger partial charge in [-0.05, 0) is 23.8 Å². The summed E-state index contributed by atoms with van der Waals surface area (Å²) in [6, 6.07) is 6.89. The van der Waals surface area contributed by atoms with Crippen molar-refractivity contribution < 1.29 is 4.79 Å². The summed E-state index contributed by atoms with van der Waals surface area (Å²) in [6.45, 7) is 0. The average molecular weight is 269 g/mol. The van der Waals surface area contributed by atoms with Crippen molar-refractivity contribution in [2.24, 2.45) is 7.05 Å². The molecule has 2 rings (SSSR count). The smallest absolute Gasteiger partial charge is 0.185 e. The summed E-state index contributed by atoms with van der Waals surface area (Å²) in [4.78, 5) is 12.0. The molecule has 1 heterocycles. The van der Waals surface area contributed by atoms with Crippen molar-refractivity contribution >= 4 is 29.0 Å². The first-order valence-electron chi connectivity index (χ1n) is 5.03. The summed E-state index contributed by atoms with van der Waals surface area (Å²) in [7, 11) is 1.74. The summed E-state index contributed by atoms with van der Waals surface area (Å²) in [6.07, 6.45) is 1.89. The molecule has 2 aromatic rings. The van der Waals surface area contributed by atoms with Crippen molar-refractivity contribution in [1.29, 1.82) is 0 Å².